The number of rotatable bonds is 10. The summed E-state index contributed by atoms with van der Waals surface area (Å²) in [4.78, 5) is 12.6. The van der Waals surface area contributed by atoms with E-state index in [-0.39, 0.29) is 31.2 Å². The highest BCUT2D eigenvalue weighted by molar-refractivity contribution is 8.55. The average Bonchev–Trinajstić information content (AvgIpc) is 2.63. The monoisotopic (exact) mass is 396 g/mol. The van der Waals surface area contributed by atoms with Crippen molar-refractivity contribution >= 4 is 24.0 Å². The molecule has 0 fully saturated rings. The van der Waals surface area contributed by atoms with Crippen molar-refractivity contribution in [2.24, 2.45) is 0 Å². The van der Waals surface area contributed by atoms with E-state index in [2.05, 4.69) is 0 Å². The SMILES string of the molecule is CCOP(=O)(OCC)S[C@H](CC(=O)c1ccccc1)c1ccc(F)cc1. The summed E-state index contributed by atoms with van der Waals surface area (Å²) in [6.07, 6.45) is 0.102. The second-order valence-corrected chi connectivity index (χ2v) is 9.59. The summed E-state index contributed by atoms with van der Waals surface area (Å²) in [5.41, 5.74) is 1.27. The molecule has 0 spiro atoms. The maximum Gasteiger partial charge on any atom is 0.389 e. The standard InChI is InChI=1S/C19H22FO4PS/c1-3-23-25(22,24-4-2)26-19(16-10-12-17(20)13-11-16)14-18(21)15-8-6-5-7-9-15/h5-13,19H,3-4,14H2,1-2H3/t19-/m1/s1. The Morgan fingerprint density at radius 1 is 1.04 bits per heavy atom. The highest BCUT2D eigenvalue weighted by Gasteiger charge is 2.32. The van der Waals surface area contributed by atoms with Crippen molar-refractivity contribution in [3.63, 3.8) is 0 Å². The molecule has 2 aromatic carbocycles. The lowest BCUT2D eigenvalue weighted by molar-refractivity contribution is 0.0982. The van der Waals surface area contributed by atoms with Gasteiger partial charge in [0.2, 0.25) is 0 Å². The van der Waals surface area contributed by atoms with Crippen LogP contribution in [0.3, 0.4) is 0 Å². The largest absolute Gasteiger partial charge is 0.389 e. The van der Waals surface area contributed by atoms with Gasteiger partial charge in [0.15, 0.2) is 5.78 Å². The highest BCUT2D eigenvalue weighted by Crippen LogP contribution is 2.66. The first-order valence-electron chi connectivity index (χ1n) is 8.38. The minimum atomic E-state index is -3.43. The van der Waals surface area contributed by atoms with Crippen LogP contribution in [0.4, 0.5) is 4.39 Å². The molecule has 0 saturated carbocycles. The summed E-state index contributed by atoms with van der Waals surface area (Å²) in [7, 11) is 0. The molecule has 2 rings (SSSR count). The van der Waals surface area contributed by atoms with Crippen LogP contribution in [0.2, 0.25) is 0 Å². The molecule has 2 aromatic rings. The molecule has 0 radical (unpaired) electrons. The lowest BCUT2D eigenvalue weighted by atomic mass is 10.0. The van der Waals surface area contributed by atoms with Gasteiger partial charge < -0.3 is 9.05 Å². The Kier molecular flexibility index (Phi) is 8.04. The maximum atomic E-state index is 13.3. The molecule has 0 aliphatic heterocycles. The fraction of sp³-hybridized carbons (Fsp3) is 0.316. The molecule has 4 nitrogen and oxygen atoms in total. The third kappa shape index (κ3) is 6.06. The molecule has 0 aromatic heterocycles. The first kappa shape index (κ1) is 20.8. The number of hydrogen-bond acceptors (Lipinski definition) is 5. The first-order chi connectivity index (χ1) is 12.5. The Morgan fingerprint density at radius 2 is 1.62 bits per heavy atom. The minimum Gasteiger partial charge on any atom is -0.301 e. The molecule has 0 heterocycles. The van der Waals surface area contributed by atoms with E-state index in [9.17, 15) is 13.8 Å². The van der Waals surface area contributed by atoms with Gasteiger partial charge in [0.25, 0.3) is 0 Å². The van der Waals surface area contributed by atoms with Gasteiger partial charge in [0.05, 0.1) is 13.2 Å². The second kappa shape index (κ2) is 10.0. The van der Waals surface area contributed by atoms with Gasteiger partial charge >= 0.3 is 6.80 Å². The van der Waals surface area contributed by atoms with Crippen LogP contribution in [0, 0.1) is 5.82 Å². The zero-order valence-electron chi connectivity index (χ0n) is 14.8. The normalized spacial score (nSPS) is 12.7. The van der Waals surface area contributed by atoms with Crippen LogP contribution in [0.15, 0.2) is 54.6 Å². The first-order valence-corrected chi connectivity index (χ1v) is 11.4. The zero-order valence-corrected chi connectivity index (χ0v) is 16.5. The van der Waals surface area contributed by atoms with Crippen molar-refractivity contribution in [2.45, 2.75) is 25.5 Å². The molecular formula is C19H22FO4PS. The summed E-state index contributed by atoms with van der Waals surface area (Å²) in [5.74, 6) is -0.461. The molecule has 140 valence electrons. The Labute approximate surface area is 157 Å². The van der Waals surface area contributed by atoms with Crippen LogP contribution < -0.4 is 0 Å². The Morgan fingerprint density at radius 3 is 2.15 bits per heavy atom. The lowest BCUT2D eigenvalue weighted by Crippen LogP contribution is -2.06. The molecule has 0 unspecified atom stereocenters. The van der Waals surface area contributed by atoms with Crippen molar-refractivity contribution < 1.29 is 22.8 Å². The van der Waals surface area contributed by atoms with Crippen molar-refractivity contribution in [3.8, 4) is 0 Å². The van der Waals surface area contributed by atoms with Gasteiger partial charge in [-0.1, -0.05) is 42.5 Å². The van der Waals surface area contributed by atoms with Gasteiger partial charge in [0, 0.05) is 17.2 Å². The molecule has 0 aliphatic rings. The van der Waals surface area contributed by atoms with Crippen LogP contribution in [-0.4, -0.2) is 19.0 Å². The molecule has 7 heteroatoms. The molecule has 1 atom stereocenters. The van der Waals surface area contributed by atoms with Crippen LogP contribution in [0.1, 0.15) is 41.4 Å². The van der Waals surface area contributed by atoms with Crippen LogP contribution in [0.5, 0.6) is 0 Å². The van der Waals surface area contributed by atoms with Gasteiger partial charge in [-0.3, -0.25) is 4.79 Å². The van der Waals surface area contributed by atoms with E-state index in [1.807, 2.05) is 6.07 Å². The van der Waals surface area contributed by atoms with E-state index >= 15 is 0 Å². The van der Waals surface area contributed by atoms with Crippen LogP contribution >= 0.6 is 18.2 Å². The molecule has 0 saturated heterocycles. The van der Waals surface area contributed by atoms with E-state index < -0.39 is 12.0 Å². The van der Waals surface area contributed by atoms with Gasteiger partial charge in [-0.05, 0) is 42.9 Å². The number of halogens is 1. The molecule has 26 heavy (non-hydrogen) atoms. The second-order valence-electron chi connectivity index (χ2n) is 5.42. The summed E-state index contributed by atoms with van der Waals surface area (Å²) in [5, 5.41) is -0.479. The van der Waals surface area contributed by atoms with Crippen molar-refractivity contribution in [1.29, 1.82) is 0 Å². The highest BCUT2D eigenvalue weighted by atomic mass is 32.7. The van der Waals surface area contributed by atoms with Crippen molar-refractivity contribution in [1.82, 2.24) is 0 Å². The van der Waals surface area contributed by atoms with Gasteiger partial charge in [0.1, 0.15) is 5.82 Å². The minimum absolute atomic E-state index is 0.0908. The molecular weight excluding hydrogens is 374 g/mol. The summed E-state index contributed by atoms with van der Waals surface area (Å²) >= 11 is 0.991. The third-order valence-electron chi connectivity index (χ3n) is 3.54. The van der Waals surface area contributed by atoms with Crippen molar-refractivity contribution in [2.75, 3.05) is 13.2 Å². The summed E-state index contributed by atoms with van der Waals surface area (Å²) in [6.45, 7) is 0.489. The lowest BCUT2D eigenvalue weighted by Gasteiger charge is -2.22. The fourth-order valence-corrected chi connectivity index (χ4v) is 6.54. The summed E-state index contributed by atoms with van der Waals surface area (Å²) < 4.78 is 36.9. The van der Waals surface area contributed by atoms with Crippen LogP contribution in [-0.2, 0) is 13.6 Å². The summed E-state index contributed by atoms with van der Waals surface area (Å²) in [6, 6.07) is 14.7. The van der Waals surface area contributed by atoms with Gasteiger partial charge in [-0.25, -0.2) is 8.96 Å². The predicted octanol–water partition coefficient (Wildman–Crippen LogP) is 6.05. The molecule has 0 aliphatic carbocycles. The number of benzene rings is 2. The van der Waals surface area contributed by atoms with Crippen molar-refractivity contribution in [3.05, 3.63) is 71.5 Å². The van der Waals surface area contributed by atoms with E-state index in [0.29, 0.717) is 11.1 Å². The number of ketones is 1. The average molecular weight is 396 g/mol. The Bertz CT molecular complexity index is 742. The molecule has 0 N–H and O–H groups in total. The number of carbonyl (C=O) groups is 1. The maximum absolute atomic E-state index is 13.3. The number of Topliss-reactive ketones (excluding diaryl/α,β-unsaturated/α-hetero) is 1. The Balaban J connectivity index is 2.28. The Hall–Kier alpha value is -1.46. The van der Waals surface area contributed by atoms with E-state index in [0.717, 1.165) is 11.4 Å². The third-order valence-corrected chi connectivity index (χ3v) is 7.81. The van der Waals surface area contributed by atoms with E-state index in [1.54, 1.807) is 50.2 Å². The van der Waals surface area contributed by atoms with Gasteiger partial charge in [-0.2, -0.15) is 0 Å². The smallest absolute Gasteiger partial charge is 0.301 e. The molecule has 0 amide bonds. The fourth-order valence-electron chi connectivity index (χ4n) is 2.37. The van der Waals surface area contributed by atoms with E-state index in [4.69, 9.17) is 9.05 Å². The van der Waals surface area contributed by atoms with E-state index in [1.165, 1.54) is 12.1 Å². The number of hydrogen-bond donors (Lipinski definition) is 0. The quantitative estimate of drug-likeness (QED) is 0.361. The number of carbonyl (C=O) groups excluding carboxylic acids is 1. The zero-order chi connectivity index (χ0) is 19.0. The van der Waals surface area contributed by atoms with Gasteiger partial charge in [-0.15, -0.1) is 0 Å². The molecule has 0 bridgehead atoms. The van der Waals surface area contributed by atoms with Crippen LogP contribution in [0.25, 0.3) is 0 Å². The predicted molar refractivity (Wildman–Crippen MR) is 103 cm³/mol. The topological polar surface area (TPSA) is 52.6 Å².